The molecule has 4 heteroatoms. The zero-order valence-corrected chi connectivity index (χ0v) is 35.9. The van der Waals surface area contributed by atoms with Crippen molar-refractivity contribution in [3.8, 4) is 62.5 Å². The molecule has 4 aliphatic carbocycles. The Balaban J connectivity index is 1.09. The normalized spacial score (nSPS) is 28.4. The van der Waals surface area contributed by atoms with Gasteiger partial charge >= 0.3 is 0 Å². The van der Waals surface area contributed by atoms with Crippen LogP contribution in [0.4, 0.5) is 0 Å². The molecule has 4 aliphatic rings. The van der Waals surface area contributed by atoms with Crippen LogP contribution >= 0.6 is 0 Å². The minimum absolute atomic E-state index is 0.264. The van der Waals surface area contributed by atoms with E-state index in [9.17, 15) is 5.26 Å². The molecule has 4 nitrogen and oxygen atoms in total. The van der Waals surface area contributed by atoms with Crippen LogP contribution < -0.4 is 0 Å². The van der Waals surface area contributed by atoms with Gasteiger partial charge in [-0.15, -0.1) is 0 Å². The summed E-state index contributed by atoms with van der Waals surface area (Å²) in [4.78, 5) is 15.9. The highest BCUT2D eigenvalue weighted by molar-refractivity contribution is 5.86. The van der Waals surface area contributed by atoms with Crippen LogP contribution in [0.25, 0.3) is 56.4 Å². The molecule has 4 fully saturated rings. The average Bonchev–Trinajstić information content (AvgIpc) is 3.25. The van der Waals surface area contributed by atoms with E-state index in [2.05, 4.69) is 137 Å². The quantitative estimate of drug-likeness (QED) is 0.162. The van der Waals surface area contributed by atoms with Crippen LogP contribution in [0.5, 0.6) is 0 Å². The molecule has 1 aromatic heterocycles. The third kappa shape index (κ3) is 7.40. The number of fused-ring (bicyclic) bond motifs is 4. The number of benzene rings is 5. The first-order valence-electron chi connectivity index (χ1n) is 22.8. The van der Waals surface area contributed by atoms with Gasteiger partial charge in [0.25, 0.3) is 0 Å². The highest BCUT2D eigenvalue weighted by atomic mass is 15.0. The number of nitriles is 1. The lowest BCUT2D eigenvalue weighted by Gasteiger charge is -2.50. The predicted octanol–water partition coefficient (Wildman–Crippen LogP) is 14.3. The molecular formula is C56H58N4. The van der Waals surface area contributed by atoms with Crippen LogP contribution in [0.2, 0.25) is 0 Å². The molecule has 2 unspecified atom stereocenters. The van der Waals surface area contributed by atoms with Crippen LogP contribution in [0.1, 0.15) is 109 Å². The van der Waals surface area contributed by atoms with Crippen molar-refractivity contribution in [2.75, 3.05) is 0 Å². The van der Waals surface area contributed by atoms with Crippen molar-refractivity contribution in [2.24, 2.45) is 35.5 Å². The van der Waals surface area contributed by atoms with Crippen LogP contribution in [-0.4, -0.2) is 15.0 Å². The monoisotopic (exact) mass is 786 g/mol. The third-order valence-electron chi connectivity index (χ3n) is 15.1. The van der Waals surface area contributed by atoms with Gasteiger partial charge in [-0.05, 0) is 168 Å². The molecular weight excluding hydrogens is 729 g/mol. The van der Waals surface area contributed by atoms with Crippen LogP contribution in [-0.2, 0) is 10.8 Å². The summed E-state index contributed by atoms with van der Waals surface area (Å²) in [5.74, 6) is 6.78. The van der Waals surface area contributed by atoms with Crippen LogP contribution in [0.3, 0.4) is 0 Å². The second kappa shape index (κ2) is 15.6. The lowest BCUT2D eigenvalue weighted by Crippen LogP contribution is -2.42. The van der Waals surface area contributed by atoms with Crippen molar-refractivity contribution < 1.29 is 0 Å². The van der Waals surface area contributed by atoms with E-state index in [4.69, 9.17) is 15.0 Å². The van der Waals surface area contributed by atoms with Gasteiger partial charge in [-0.25, -0.2) is 15.0 Å². The van der Waals surface area contributed by atoms with Gasteiger partial charge in [0.1, 0.15) is 0 Å². The molecule has 0 saturated heterocycles. The number of nitrogens with zero attached hydrogens (tertiary/aromatic N) is 4. The summed E-state index contributed by atoms with van der Waals surface area (Å²) in [5, 5.41) is 9.68. The minimum atomic E-state index is 0.264. The SMILES string of the molecule is C[C@@H]1C[C@@H]2C[C@H](C)CC(c3ccc(-c4nc(-c5ccc(C67C[C@H](C)C[C@H](C[C@H](C)C6)C7)cc5)nc(-c5ccc(-c6cccc(C#N)c6)cc5-c5ccccc5)n4)cc3)(C1)C2. The summed E-state index contributed by atoms with van der Waals surface area (Å²) in [5.41, 5.74) is 11.3. The zero-order chi connectivity index (χ0) is 41.0. The Morgan fingerprint density at radius 2 is 0.883 bits per heavy atom. The van der Waals surface area contributed by atoms with Gasteiger partial charge in [0, 0.05) is 16.7 Å². The maximum atomic E-state index is 9.68. The summed E-state index contributed by atoms with van der Waals surface area (Å²) >= 11 is 0. The second-order valence-corrected chi connectivity index (χ2v) is 20.2. The standard InChI is InChI=1S/C56H58N4/c1-36-23-41-24-37(2)30-55(29-36,33-41)48-18-13-44(14-19-48)52-58-53(45-15-20-49(21-16-45)56-31-38(3)25-42(34-56)26-39(4)32-56)60-54(59-52)50-22-17-47(46-12-8-9-40(27-46)35-57)28-51(50)43-10-6-5-7-11-43/h5-22,27-28,36-39,41-42H,23-26,29-34H2,1-4H3/t36-,37+,38-,39+,41-,42-,55?,56?. The minimum Gasteiger partial charge on any atom is -0.208 e. The van der Waals surface area contributed by atoms with Gasteiger partial charge in [0.2, 0.25) is 0 Å². The first-order valence-corrected chi connectivity index (χ1v) is 22.8. The maximum Gasteiger partial charge on any atom is 0.164 e. The van der Waals surface area contributed by atoms with Crippen LogP contribution in [0.15, 0.2) is 121 Å². The summed E-state index contributed by atoms with van der Waals surface area (Å²) in [6.07, 6.45) is 13.2. The van der Waals surface area contributed by atoms with E-state index >= 15 is 0 Å². The van der Waals surface area contributed by atoms with E-state index in [0.717, 1.165) is 74.5 Å². The molecule has 0 N–H and O–H groups in total. The lowest BCUT2D eigenvalue weighted by molar-refractivity contribution is 0.0779. The Hall–Kier alpha value is -5.40. The molecule has 0 spiro atoms. The largest absolute Gasteiger partial charge is 0.208 e. The molecule has 6 aromatic rings. The molecule has 0 radical (unpaired) electrons. The van der Waals surface area contributed by atoms with Gasteiger partial charge in [0.15, 0.2) is 17.5 Å². The fourth-order valence-corrected chi connectivity index (χ4v) is 13.4. The fourth-order valence-electron chi connectivity index (χ4n) is 13.4. The van der Waals surface area contributed by atoms with E-state index in [0.29, 0.717) is 23.0 Å². The summed E-state index contributed by atoms with van der Waals surface area (Å²) in [7, 11) is 0. The third-order valence-corrected chi connectivity index (χ3v) is 15.1. The molecule has 60 heavy (non-hydrogen) atoms. The number of hydrogen-bond acceptors (Lipinski definition) is 4. The van der Waals surface area contributed by atoms with E-state index in [-0.39, 0.29) is 10.8 Å². The Morgan fingerprint density at radius 1 is 0.433 bits per heavy atom. The molecule has 4 bridgehead atoms. The van der Waals surface area contributed by atoms with Crippen molar-refractivity contribution in [1.29, 1.82) is 5.26 Å². The zero-order valence-electron chi connectivity index (χ0n) is 35.9. The summed E-state index contributed by atoms with van der Waals surface area (Å²) in [6.45, 7) is 9.86. The smallest absolute Gasteiger partial charge is 0.164 e. The molecule has 10 rings (SSSR count). The van der Waals surface area contributed by atoms with E-state index < -0.39 is 0 Å². The molecule has 0 aliphatic heterocycles. The predicted molar refractivity (Wildman–Crippen MR) is 245 cm³/mol. The molecule has 4 saturated carbocycles. The maximum absolute atomic E-state index is 9.68. The first-order chi connectivity index (χ1) is 29.1. The van der Waals surface area contributed by atoms with Crippen molar-refractivity contribution in [1.82, 2.24) is 15.0 Å². The van der Waals surface area contributed by atoms with Gasteiger partial charge < -0.3 is 0 Å². The van der Waals surface area contributed by atoms with Gasteiger partial charge in [-0.1, -0.05) is 125 Å². The van der Waals surface area contributed by atoms with Gasteiger partial charge in [-0.3, -0.25) is 0 Å². The number of aromatic nitrogens is 3. The highest BCUT2D eigenvalue weighted by Crippen LogP contribution is 2.55. The van der Waals surface area contributed by atoms with Gasteiger partial charge in [0.05, 0.1) is 11.6 Å². The van der Waals surface area contributed by atoms with Crippen LogP contribution in [0, 0.1) is 46.8 Å². The molecule has 5 aromatic carbocycles. The number of hydrogen-bond donors (Lipinski definition) is 0. The molecule has 0 amide bonds. The Morgan fingerprint density at radius 3 is 1.38 bits per heavy atom. The molecule has 302 valence electrons. The molecule has 1 heterocycles. The summed E-state index contributed by atoms with van der Waals surface area (Å²) < 4.78 is 0. The summed E-state index contributed by atoms with van der Waals surface area (Å²) in [6, 6.07) is 45.8. The second-order valence-electron chi connectivity index (χ2n) is 20.2. The Kier molecular flexibility index (Phi) is 10.1. The lowest BCUT2D eigenvalue weighted by atomic mass is 9.54. The Bertz CT molecular complexity index is 2410. The van der Waals surface area contributed by atoms with E-state index in [1.54, 1.807) is 0 Å². The highest BCUT2D eigenvalue weighted by Gasteiger charge is 2.46. The molecule has 8 atom stereocenters. The van der Waals surface area contributed by atoms with Crippen molar-refractivity contribution in [3.63, 3.8) is 0 Å². The Labute approximate surface area is 357 Å². The first kappa shape index (κ1) is 38.8. The number of rotatable bonds is 7. The van der Waals surface area contributed by atoms with E-state index in [1.165, 1.54) is 75.3 Å². The van der Waals surface area contributed by atoms with Crippen molar-refractivity contribution >= 4 is 0 Å². The van der Waals surface area contributed by atoms with Gasteiger partial charge in [-0.2, -0.15) is 5.26 Å². The van der Waals surface area contributed by atoms with E-state index in [1.807, 2.05) is 18.2 Å². The topological polar surface area (TPSA) is 62.5 Å². The van der Waals surface area contributed by atoms with Crippen molar-refractivity contribution in [2.45, 2.75) is 103 Å². The fraction of sp³-hybridized carbons (Fsp3) is 0.393. The van der Waals surface area contributed by atoms with Crippen molar-refractivity contribution in [3.05, 3.63) is 138 Å². The average molecular weight is 787 g/mol.